The maximum atomic E-state index is 10.8. The zero-order valence-electron chi connectivity index (χ0n) is 7.38. The van der Waals surface area contributed by atoms with Gasteiger partial charge in [0.15, 0.2) is 0 Å². The van der Waals surface area contributed by atoms with Crippen molar-refractivity contribution in [2.75, 3.05) is 26.2 Å². The van der Waals surface area contributed by atoms with E-state index >= 15 is 0 Å². The molecule has 0 aromatic carbocycles. The van der Waals surface area contributed by atoms with Gasteiger partial charge in [0.1, 0.15) is 0 Å². The van der Waals surface area contributed by atoms with E-state index in [2.05, 4.69) is 10.6 Å². The fourth-order valence-corrected chi connectivity index (χ4v) is 0.656. The van der Waals surface area contributed by atoms with Gasteiger partial charge in [-0.3, -0.25) is 9.59 Å². The summed E-state index contributed by atoms with van der Waals surface area (Å²) in [7, 11) is 0. The van der Waals surface area contributed by atoms with E-state index in [9.17, 15) is 9.59 Å². The van der Waals surface area contributed by atoms with E-state index in [-0.39, 0.29) is 44.5 Å². The SMILES string of the molecule is NCCC(=O)NCC(=O)NCCO. The third kappa shape index (κ3) is 7.23. The fourth-order valence-electron chi connectivity index (χ4n) is 0.656. The van der Waals surface area contributed by atoms with Gasteiger partial charge in [0.25, 0.3) is 0 Å². The quantitative estimate of drug-likeness (QED) is 0.372. The standard InChI is InChI=1S/C7H15N3O3/c8-2-1-6(12)10-5-7(13)9-3-4-11/h11H,1-5,8H2,(H,9,13)(H,10,12). The van der Waals surface area contributed by atoms with Gasteiger partial charge in [0, 0.05) is 19.5 Å². The molecular weight excluding hydrogens is 174 g/mol. The van der Waals surface area contributed by atoms with Crippen molar-refractivity contribution in [1.82, 2.24) is 10.6 Å². The van der Waals surface area contributed by atoms with Crippen molar-refractivity contribution in [3.8, 4) is 0 Å². The molecule has 0 atom stereocenters. The van der Waals surface area contributed by atoms with Crippen LogP contribution in [0.15, 0.2) is 0 Å². The molecule has 0 unspecified atom stereocenters. The summed E-state index contributed by atoms with van der Waals surface area (Å²) in [5.41, 5.74) is 5.12. The fraction of sp³-hybridized carbons (Fsp3) is 0.714. The molecule has 2 amide bonds. The Morgan fingerprint density at radius 3 is 2.46 bits per heavy atom. The van der Waals surface area contributed by atoms with Gasteiger partial charge in [-0.25, -0.2) is 0 Å². The first-order chi connectivity index (χ1) is 6.20. The highest BCUT2D eigenvalue weighted by Gasteiger charge is 2.02. The number of nitrogens with two attached hydrogens (primary N) is 1. The molecule has 0 aliphatic heterocycles. The lowest BCUT2D eigenvalue weighted by Crippen LogP contribution is -2.38. The van der Waals surface area contributed by atoms with Crippen LogP contribution in [-0.4, -0.2) is 43.2 Å². The van der Waals surface area contributed by atoms with Gasteiger partial charge in [-0.15, -0.1) is 0 Å². The van der Waals surface area contributed by atoms with Gasteiger partial charge in [0.2, 0.25) is 11.8 Å². The second-order valence-electron chi connectivity index (χ2n) is 2.39. The van der Waals surface area contributed by atoms with Crippen LogP contribution in [0.1, 0.15) is 6.42 Å². The number of aliphatic hydroxyl groups is 1. The minimum absolute atomic E-state index is 0.0706. The van der Waals surface area contributed by atoms with Crippen LogP contribution >= 0.6 is 0 Å². The summed E-state index contributed by atoms with van der Waals surface area (Å²) >= 11 is 0. The van der Waals surface area contributed by atoms with E-state index in [4.69, 9.17) is 10.8 Å². The van der Waals surface area contributed by atoms with Crippen LogP contribution in [0.2, 0.25) is 0 Å². The second-order valence-corrected chi connectivity index (χ2v) is 2.39. The molecule has 0 heterocycles. The van der Waals surface area contributed by atoms with Crippen LogP contribution in [-0.2, 0) is 9.59 Å². The monoisotopic (exact) mass is 189 g/mol. The van der Waals surface area contributed by atoms with Crippen molar-refractivity contribution in [1.29, 1.82) is 0 Å². The average molecular weight is 189 g/mol. The molecule has 5 N–H and O–H groups in total. The number of carbonyl (C=O) groups is 2. The van der Waals surface area contributed by atoms with Gasteiger partial charge in [-0.1, -0.05) is 0 Å². The maximum Gasteiger partial charge on any atom is 0.239 e. The Balaban J connectivity index is 3.40. The molecule has 6 heteroatoms. The van der Waals surface area contributed by atoms with Crippen molar-refractivity contribution in [3.63, 3.8) is 0 Å². The first-order valence-corrected chi connectivity index (χ1v) is 4.05. The molecule has 0 rings (SSSR count). The van der Waals surface area contributed by atoms with Crippen molar-refractivity contribution < 1.29 is 14.7 Å². The van der Waals surface area contributed by atoms with Crippen LogP contribution in [0.3, 0.4) is 0 Å². The number of aliphatic hydroxyl groups excluding tert-OH is 1. The highest BCUT2D eigenvalue weighted by molar-refractivity contribution is 5.84. The molecular formula is C7H15N3O3. The summed E-state index contributed by atoms with van der Waals surface area (Å²) in [6.45, 7) is 0.289. The van der Waals surface area contributed by atoms with Gasteiger partial charge < -0.3 is 21.5 Å². The summed E-state index contributed by atoms with van der Waals surface area (Å²) in [6, 6.07) is 0. The lowest BCUT2D eigenvalue weighted by atomic mass is 10.4. The number of hydrogen-bond acceptors (Lipinski definition) is 4. The van der Waals surface area contributed by atoms with E-state index in [1.807, 2.05) is 0 Å². The summed E-state index contributed by atoms with van der Waals surface area (Å²) < 4.78 is 0. The summed E-state index contributed by atoms with van der Waals surface area (Å²) in [6.07, 6.45) is 0.216. The third-order valence-electron chi connectivity index (χ3n) is 1.25. The van der Waals surface area contributed by atoms with Gasteiger partial charge in [0.05, 0.1) is 13.2 Å². The zero-order chi connectivity index (χ0) is 10.1. The molecule has 6 nitrogen and oxygen atoms in total. The van der Waals surface area contributed by atoms with Crippen LogP contribution in [0.5, 0.6) is 0 Å². The zero-order valence-corrected chi connectivity index (χ0v) is 7.38. The average Bonchev–Trinajstić information content (AvgIpc) is 2.12. The summed E-state index contributed by atoms with van der Waals surface area (Å²) in [5, 5.41) is 13.1. The number of rotatable bonds is 6. The third-order valence-corrected chi connectivity index (χ3v) is 1.25. The van der Waals surface area contributed by atoms with Gasteiger partial charge >= 0.3 is 0 Å². The Bertz CT molecular complexity index is 172. The molecule has 0 fully saturated rings. The van der Waals surface area contributed by atoms with Crippen molar-refractivity contribution in [2.24, 2.45) is 5.73 Å². The highest BCUT2D eigenvalue weighted by atomic mass is 16.3. The Morgan fingerprint density at radius 1 is 1.23 bits per heavy atom. The molecule has 13 heavy (non-hydrogen) atoms. The van der Waals surface area contributed by atoms with E-state index < -0.39 is 0 Å². The minimum atomic E-state index is -0.320. The summed E-state index contributed by atoms with van der Waals surface area (Å²) in [5.74, 6) is -0.568. The predicted molar refractivity (Wildman–Crippen MR) is 46.8 cm³/mol. The number of hydrogen-bond donors (Lipinski definition) is 4. The van der Waals surface area contributed by atoms with Crippen LogP contribution < -0.4 is 16.4 Å². The smallest absolute Gasteiger partial charge is 0.239 e. The molecule has 0 bridgehead atoms. The normalized spacial score (nSPS) is 9.38. The van der Waals surface area contributed by atoms with Crippen LogP contribution in [0, 0.1) is 0 Å². The van der Waals surface area contributed by atoms with E-state index in [1.165, 1.54) is 0 Å². The largest absolute Gasteiger partial charge is 0.395 e. The lowest BCUT2D eigenvalue weighted by molar-refractivity contribution is -0.126. The predicted octanol–water partition coefficient (Wildman–Crippen LogP) is -2.44. The Labute approximate surface area is 76.5 Å². The van der Waals surface area contributed by atoms with Crippen molar-refractivity contribution in [3.05, 3.63) is 0 Å². The molecule has 0 aliphatic carbocycles. The molecule has 76 valence electrons. The number of nitrogens with one attached hydrogen (secondary N) is 2. The van der Waals surface area contributed by atoms with Gasteiger partial charge in [-0.2, -0.15) is 0 Å². The van der Waals surface area contributed by atoms with Crippen LogP contribution in [0.4, 0.5) is 0 Å². The van der Waals surface area contributed by atoms with E-state index in [1.54, 1.807) is 0 Å². The van der Waals surface area contributed by atoms with Crippen LogP contribution in [0.25, 0.3) is 0 Å². The maximum absolute atomic E-state index is 10.8. The van der Waals surface area contributed by atoms with E-state index in [0.29, 0.717) is 0 Å². The first kappa shape index (κ1) is 11.9. The Hall–Kier alpha value is -1.14. The highest BCUT2D eigenvalue weighted by Crippen LogP contribution is 1.73. The molecule has 0 radical (unpaired) electrons. The molecule has 0 aromatic rings. The molecule has 0 aromatic heterocycles. The molecule has 0 saturated heterocycles. The van der Waals surface area contributed by atoms with Crippen molar-refractivity contribution in [2.45, 2.75) is 6.42 Å². The Kier molecular flexibility index (Phi) is 6.85. The summed E-state index contributed by atoms with van der Waals surface area (Å²) in [4.78, 5) is 21.6. The van der Waals surface area contributed by atoms with Crippen molar-refractivity contribution >= 4 is 11.8 Å². The Morgan fingerprint density at radius 2 is 1.92 bits per heavy atom. The van der Waals surface area contributed by atoms with E-state index in [0.717, 1.165) is 0 Å². The lowest BCUT2D eigenvalue weighted by Gasteiger charge is -2.04. The number of amides is 2. The minimum Gasteiger partial charge on any atom is -0.395 e. The molecule has 0 spiro atoms. The molecule has 0 saturated carbocycles. The first-order valence-electron chi connectivity index (χ1n) is 4.05. The molecule has 0 aliphatic rings. The topological polar surface area (TPSA) is 104 Å². The van der Waals surface area contributed by atoms with Gasteiger partial charge in [-0.05, 0) is 0 Å². The second kappa shape index (κ2) is 7.51. The number of carbonyl (C=O) groups excluding carboxylic acids is 2.